The van der Waals surface area contributed by atoms with E-state index in [4.69, 9.17) is 0 Å². The summed E-state index contributed by atoms with van der Waals surface area (Å²) in [5, 5.41) is 2.06. The summed E-state index contributed by atoms with van der Waals surface area (Å²) < 4.78 is 27.9. The first-order valence-electron chi connectivity index (χ1n) is 9.87. The monoisotopic (exact) mass is 373 g/mol. The van der Waals surface area contributed by atoms with Crippen LogP contribution in [0.1, 0.15) is 32.6 Å². The van der Waals surface area contributed by atoms with E-state index < -0.39 is 10.0 Å². The average Bonchev–Trinajstić information content (AvgIpc) is 2.67. The van der Waals surface area contributed by atoms with Crippen LogP contribution in [-0.2, 0) is 10.0 Å². The van der Waals surface area contributed by atoms with E-state index in [9.17, 15) is 8.42 Å². The summed E-state index contributed by atoms with van der Waals surface area (Å²) in [6.07, 6.45) is 5.28. The van der Waals surface area contributed by atoms with Crippen molar-refractivity contribution in [3.63, 3.8) is 0 Å². The highest BCUT2D eigenvalue weighted by atomic mass is 32.2. The highest BCUT2D eigenvalue weighted by Gasteiger charge is 2.35. The van der Waals surface area contributed by atoms with Gasteiger partial charge in [0.2, 0.25) is 10.0 Å². The Kier molecular flexibility index (Phi) is 5.04. The van der Waals surface area contributed by atoms with Crippen molar-refractivity contribution in [3.8, 4) is 0 Å². The molecule has 0 amide bonds. The maximum atomic E-state index is 13.1. The second kappa shape index (κ2) is 7.29. The van der Waals surface area contributed by atoms with Crippen molar-refractivity contribution in [1.82, 2.24) is 4.31 Å². The summed E-state index contributed by atoms with van der Waals surface area (Å²) in [6, 6.07) is 14.1. The first-order chi connectivity index (χ1) is 12.5. The number of benzene rings is 2. The van der Waals surface area contributed by atoms with Crippen molar-refractivity contribution >= 4 is 20.8 Å². The van der Waals surface area contributed by atoms with E-state index in [1.54, 1.807) is 15.3 Å². The number of sulfonamides is 1. The van der Waals surface area contributed by atoms with Crippen LogP contribution in [-0.4, -0.2) is 44.9 Å². The number of hydrogen-bond acceptors (Lipinski definition) is 2. The summed E-state index contributed by atoms with van der Waals surface area (Å²) >= 11 is 0. The highest BCUT2D eigenvalue weighted by molar-refractivity contribution is 7.89. The lowest BCUT2D eigenvalue weighted by atomic mass is 9.86. The number of rotatable bonds is 3. The summed E-state index contributed by atoms with van der Waals surface area (Å²) in [6.45, 7) is 5.49. The van der Waals surface area contributed by atoms with E-state index in [0.29, 0.717) is 18.0 Å². The number of piperazine rings is 1. The third-order valence-electron chi connectivity index (χ3n) is 6.24. The van der Waals surface area contributed by atoms with E-state index in [-0.39, 0.29) is 0 Å². The Morgan fingerprint density at radius 3 is 2.46 bits per heavy atom. The summed E-state index contributed by atoms with van der Waals surface area (Å²) in [5.41, 5.74) is 0. The molecule has 1 heterocycles. The van der Waals surface area contributed by atoms with Gasteiger partial charge >= 0.3 is 0 Å². The fraction of sp³-hybridized carbons (Fsp3) is 0.524. The van der Waals surface area contributed by atoms with Gasteiger partial charge in [-0.3, -0.25) is 0 Å². The summed E-state index contributed by atoms with van der Waals surface area (Å²) in [7, 11) is -3.40. The molecule has 0 aromatic heterocycles. The van der Waals surface area contributed by atoms with Crippen LogP contribution in [0, 0.1) is 5.92 Å². The number of nitrogens with zero attached hydrogens (tertiary/aromatic N) is 1. The molecule has 1 aliphatic heterocycles. The van der Waals surface area contributed by atoms with Gasteiger partial charge in [0.05, 0.1) is 37.1 Å². The van der Waals surface area contributed by atoms with Crippen LogP contribution >= 0.6 is 0 Å². The Morgan fingerprint density at radius 1 is 1.00 bits per heavy atom. The molecule has 5 heteroatoms. The van der Waals surface area contributed by atoms with Gasteiger partial charge in [0, 0.05) is 6.42 Å². The normalized spacial score (nSPS) is 26.2. The maximum absolute atomic E-state index is 13.1. The van der Waals surface area contributed by atoms with Crippen LogP contribution in [0.15, 0.2) is 47.4 Å². The van der Waals surface area contributed by atoms with Gasteiger partial charge in [0.25, 0.3) is 0 Å². The summed E-state index contributed by atoms with van der Waals surface area (Å²) in [4.78, 5) is 2.03. The molecule has 4 rings (SSSR count). The zero-order valence-corrected chi connectivity index (χ0v) is 16.3. The van der Waals surface area contributed by atoms with Crippen LogP contribution < -0.4 is 4.90 Å². The quantitative estimate of drug-likeness (QED) is 0.897. The molecule has 1 saturated heterocycles. The first-order valence-corrected chi connectivity index (χ1v) is 11.3. The van der Waals surface area contributed by atoms with Gasteiger partial charge in [-0.05, 0) is 41.7 Å². The molecular weight excluding hydrogens is 344 g/mol. The van der Waals surface area contributed by atoms with Gasteiger partial charge < -0.3 is 4.90 Å². The van der Waals surface area contributed by atoms with E-state index in [1.165, 1.54) is 25.7 Å². The van der Waals surface area contributed by atoms with E-state index in [1.807, 2.05) is 36.4 Å². The fourth-order valence-corrected chi connectivity index (χ4v) is 6.18. The van der Waals surface area contributed by atoms with Crippen molar-refractivity contribution in [3.05, 3.63) is 42.5 Å². The lowest BCUT2D eigenvalue weighted by Crippen LogP contribution is -3.18. The van der Waals surface area contributed by atoms with Gasteiger partial charge in [-0.25, -0.2) is 8.42 Å². The smallest absolute Gasteiger partial charge is 0.243 e. The average molecular weight is 374 g/mol. The fourth-order valence-electron chi connectivity index (χ4n) is 4.70. The molecule has 2 fully saturated rings. The Bertz CT molecular complexity index is 872. The standard InChI is InChI=1S/C21H28N2O2S/c1-17-5-4-8-20(15-17)22-11-13-23(14-12-22)26(24,25)21-10-9-18-6-2-3-7-19(18)16-21/h2-3,6-7,9-10,16-17,20H,4-5,8,11-15H2,1H3/p+1/t17-,20-/m1/s1. The molecule has 140 valence electrons. The molecule has 1 aliphatic carbocycles. The van der Waals surface area contributed by atoms with Gasteiger partial charge in [-0.2, -0.15) is 4.31 Å². The van der Waals surface area contributed by atoms with Gasteiger partial charge in [-0.15, -0.1) is 0 Å². The van der Waals surface area contributed by atoms with Crippen LogP contribution in [0.25, 0.3) is 10.8 Å². The molecule has 0 unspecified atom stereocenters. The molecule has 2 atom stereocenters. The topological polar surface area (TPSA) is 41.8 Å². The molecule has 0 radical (unpaired) electrons. The number of fused-ring (bicyclic) bond motifs is 1. The second-order valence-electron chi connectivity index (χ2n) is 8.04. The van der Waals surface area contributed by atoms with Crippen molar-refractivity contribution in [2.45, 2.75) is 43.5 Å². The van der Waals surface area contributed by atoms with Gasteiger partial charge in [0.15, 0.2) is 0 Å². The number of nitrogens with one attached hydrogen (secondary N) is 1. The van der Waals surface area contributed by atoms with E-state index in [2.05, 4.69) is 6.92 Å². The van der Waals surface area contributed by atoms with E-state index >= 15 is 0 Å². The molecular formula is C21H29N2O2S+. The first kappa shape index (κ1) is 18.0. The largest absolute Gasteiger partial charge is 0.330 e. The van der Waals surface area contributed by atoms with Crippen LogP contribution in [0.2, 0.25) is 0 Å². The van der Waals surface area contributed by atoms with Crippen LogP contribution in [0.3, 0.4) is 0 Å². The predicted octanol–water partition coefficient (Wildman–Crippen LogP) is 2.31. The SMILES string of the molecule is C[C@@H]1CCC[C@@H]([NH+]2CCN(S(=O)(=O)c3ccc4ccccc4c3)CC2)C1. The molecule has 1 N–H and O–H groups in total. The lowest BCUT2D eigenvalue weighted by Gasteiger charge is -2.38. The Balaban J connectivity index is 1.47. The zero-order chi connectivity index (χ0) is 18.1. The molecule has 2 aliphatic rings. The van der Waals surface area contributed by atoms with Crippen molar-refractivity contribution in [1.29, 1.82) is 0 Å². The lowest BCUT2D eigenvalue weighted by molar-refractivity contribution is -0.930. The molecule has 1 saturated carbocycles. The van der Waals surface area contributed by atoms with Crippen molar-refractivity contribution in [2.24, 2.45) is 5.92 Å². The number of quaternary nitrogens is 1. The Morgan fingerprint density at radius 2 is 1.73 bits per heavy atom. The predicted molar refractivity (Wildman–Crippen MR) is 105 cm³/mol. The number of hydrogen-bond donors (Lipinski definition) is 1. The van der Waals surface area contributed by atoms with Crippen LogP contribution in [0.5, 0.6) is 0 Å². The molecule has 26 heavy (non-hydrogen) atoms. The second-order valence-corrected chi connectivity index (χ2v) is 9.98. The van der Waals surface area contributed by atoms with Crippen LogP contribution in [0.4, 0.5) is 0 Å². The zero-order valence-electron chi connectivity index (χ0n) is 15.5. The Hall–Kier alpha value is -1.43. The van der Waals surface area contributed by atoms with Crippen molar-refractivity contribution < 1.29 is 13.3 Å². The highest BCUT2D eigenvalue weighted by Crippen LogP contribution is 2.24. The van der Waals surface area contributed by atoms with Crippen molar-refractivity contribution in [2.75, 3.05) is 26.2 Å². The minimum absolute atomic E-state index is 0.422. The van der Waals surface area contributed by atoms with E-state index in [0.717, 1.165) is 35.8 Å². The summed E-state index contributed by atoms with van der Waals surface area (Å²) in [5.74, 6) is 0.820. The molecule has 0 spiro atoms. The van der Waals surface area contributed by atoms with Gasteiger partial charge in [-0.1, -0.05) is 43.7 Å². The van der Waals surface area contributed by atoms with Gasteiger partial charge in [0.1, 0.15) is 0 Å². The third kappa shape index (κ3) is 3.53. The maximum Gasteiger partial charge on any atom is 0.243 e. The molecule has 0 bridgehead atoms. The minimum atomic E-state index is -3.40. The third-order valence-corrected chi connectivity index (χ3v) is 8.13. The molecule has 2 aromatic rings. The molecule has 4 nitrogen and oxygen atoms in total. The Labute approximate surface area is 156 Å². The molecule has 2 aromatic carbocycles. The minimum Gasteiger partial charge on any atom is -0.330 e.